The Labute approximate surface area is 151 Å². The van der Waals surface area contributed by atoms with Crippen molar-refractivity contribution in [2.24, 2.45) is 0 Å². The summed E-state index contributed by atoms with van der Waals surface area (Å²) in [5.74, 6) is 1.35. The molecule has 0 aliphatic carbocycles. The molecule has 1 fully saturated rings. The summed E-state index contributed by atoms with van der Waals surface area (Å²) in [7, 11) is 0. The van der Waals surface area contributed by atoms with Crippen LogP contribution in [0.3, 0.4) is 0 Å². The zero-order valence-electron chi connectivity index (χ0n) is 13.8. The van der Waals surface area contributed by atoms with Crippen molar-refractivity contribution in [2.45, 2.75) is 25.3 Å². The van der Waals surface area contributed by atoms with E-state index in [-0.39, 0.29) is 18.4 Å². The summed E-state index contributed by atoms with van der Waals surface area (Å²) in [6, 6.07) is 9.43. The Morgan fingerprint density at radius 3 is 2.80 bits per heavy atom. The Kier molecular flexibility index (Phi) is 4.49. The van der Waals surface area contributed by atoms with Gasteiger partial charge in [0.25, 0.3) is 0 Å². The van der Waals surface area contributed by atoms with E-state index in [2.05, 4.69) is 4.98 Å². The monoisotopic (exact) mass is 358 g/mol. The number of ether oxygens (including phenoxy) is 2. The van der Waals surface area contributed by atoms with Gasteiger partial charge in [-0.2, -0.15) is 0 Å². The van der Waals surface area contributed by atoms with Gasteiger partial charge in [0, 0.05) is 23.8 Å². The average molecular weight is 359 g/mol. The molecule has 0 bridgehead atoms. The zero-order chi connectivity index (χ0) is 17.2. The first-order valence-corrected chi connectivity index (χ1v) is 8.88. The highest BCUT2D eigenvalue weighted by Crippen LogP contribution is 2.37. The second-order valence-electron chi connectivity index (χ2n) is 6.26. The van der Waals surface area contributed by atoms with Gasteiger partial charge in [-0.25, -0.2) is 0 Å². The van der Waals surface area contributed by atoms with Gasteiger partial charge in [-0.3, -0.25) is 9.78 Å². The number of carbonyl (C=O) groups excluding carboxylic acids is 1. The van der Waals surface area contributed by atoms with Crippen LogP contribution in [-0.2, 0) is 11.2 Å². The van der Waals surface area contributed by atoms with Crippen molar-refractivity contribution in [2.75, 3.05) is 19.8 Å². The number of halogens is 1. The van der Waals surface area contributed by atoms with Crippen molar-refractivity contribution in [1.82, 2.24) is 9.88 Å². The Balaban J connectivity index is 1.54. The van der Waals surface area contributed by atoms with E-state index in [0.717, 1.165) is 30.6 Å². The van der Waals surface area contributed by atoms with Crippen molar-refractivity contribution in [1.29, 1.82) is 0 Å². The van der Waals surface area contributed by atoms with Gasteiger partial charge in [-0.15, -0.1) is 0 Å². The molecule has 5 nitrogen and oxygen atoms in total. The minimum Gasteiger partial charge on any atom is -0.486 e. The summed E-state index contributed by atoms with van der Waals surface area (Å²) < 4.78 is 11.1. The Bertz CT molecular complexity index is 782. The van der Waals surface area contributed by atoms with Crippen molar-refractivity contribution in [3.63, 3.8) is 0 Å². The van der Waals surface area contributed by atoms with E-state index in [1.54, 1.807) is 12.3 Å². The maximum atomic E-state index is 12.9. The number of benzene rings is 1. The number of pyridine rings is 1. The quantitative estimate of drug-likeness (QED) is 0.843. The summed E-state index contributed by atoms with van der Waals surface area (Å²) in [6.07, 6.45) is 3.95. The first-order chi connectivity index (χ1) is 12.2. The zero-order valence-corrected chi connectivity index (χ0v) is 14.5. The third kappa shape index (κ3) is 3.29. The fraction of sp³-hybridized carbons (Fsp3) is 0.368. The van der Waals surface area contributed by atoms with Crippen molar-refractivity contribution in [3.8, 4) is 11.5 Å². The molecular weight excluding hydrogens is 340 g/mol. The summed E-state index contributed by atoms with van der Waals surface area (Å²) in [4.78, 5) is 19.2. The number of carbonyl (C=O) groups is 1. The lowest BCUT2D eigenvalue weighted by Crippen LogP contribution is -2.32. The van der Waals surface area contributed by atoms with E-state index in [9.17, 15) is 4.79 Å². The average Bonchev–Trinajstić information content (AvgIpc) is 3.13. The Morgan fingerprint density at radius 2 is 2.04 bits per heavy atom. The molecule has 2 aliphatic heterocycles. The molecule has 1 atom stereocenters. The molecule has 0 spiro atoms. The lowest BCUT2D eigenvalue weighted by molar-refractivity contribution is -0.131. The van der Waals surface area contributed by atoms with Crippen molar-refractivity contribution in [3.05, 3.63) is 52.8 Å². The van der Waals surface area contributed by atoms with Gasteiger partial charge in [0.2, 0.25) is 5.91 Å². The summed E-state index contributed by atoms with van der Waals surface area (Å²) in [6.45, 7) is 1.78. The first-order valence-electron chi connectivity index (χ1n) is 8.51. The topological polar surface area (TPSA) is 51.7 Å². The van der Waals surface area contributed by atoms with Crippen LogP contribution in [0.2, 0.25) is 5.02 Å². The highest BCUT2D eigenvalue weighted by atomic mass is 35.5. The maximum Gasteiger partial charge on any atom is 0.227 e. The van der Waals surface area contributed by atoms with Crippen LogP contribution in [0.1, 0.15) is 30.1 Å². The summed E-state index contributed by atoms with van der Waals surface area (Å²) in [5, 5.41) is 0.534. The first kappa shape index (κ1) is 16.2. The van der Waals surface area contributed by atoms with Crippen molar-refractivity contribution < 1.29 is 14.3 Å². The van der Waals surface area contributed by atoms with Crippen LogP contribution >= 0.6 is 11.6 Å². The van der Waals surface area contributed by atoms with Crippen LogP contribution in [0, 0.1) is 0 Å². The van der Waals surface area contributed by atoms with Gasteiger partial charge in [0.1, 0.15) is 13.2 Å². The SMILES string of the molecule is O=C(Cc1cc2c(cc1Cl)OCCO2)N1CCCC1c1ccccn1. The molecule has 25 heavy (non-hydrogen) atoms. The normalized spacial score (nSPS) is 19.1. The molecule has 1 amide bonds. The van der Waals surface area contributed by atoms with Crippen LogP contribution in [-0.4, -0.2) is 35.5 Å². The van der Waals surface area contributed by atoms with Gasteiger partial charge in [0.05, 0.1) is 18.2 Å². The van der Waals surface area contributed by atoms with Gasteiger partial charge in [-0.1, -0.05) is 17.7 Å². The smallest absolute Gasteiger partial charge is 0.227 e. The maximum absolute atomic E-state index is 12.9. The molecule has 1 aromatic heterocycles. The second-order valence-corrected chi connectivity index (χ2v) is 6.67. The third-order valence-electron chi connectivity index (χ3n) is 4.66. The molecule has 6 heteroatoms. The van der Waals surface area contributed by atoms with Crippen LogP contribution in [0.15, 0.2) is 36.5 Å². The van der Waals surface area contributed by atoms with Gasteiger partial charge in [-0.05, 0) is 36.6 Å². The van der Waals surface area contributed by atoms with E-state index in [4.69, 9.17) is 21.1 Å². The second kappa shape index (κ2) is 6.92. The summed E-state index contributed by atoms with van der Waals surface area (Å²) >= 11 is 6.35. The lowest BCUT2D eigenvalue weighted by Gasteiger charge is -2.25. The molecule has 2 aliphatic rings. The fourth-order valence-corrected chi connectivity index (χ4v) is 3.67. The number of hydrogen-bond acceptors (Lipinski definition) is 4. The molecule has 3 heterocycles. The molecule has 2 aromatic rings. The van der Waals surface area contributed by atoms with Crippen molar-refractivity contribution >= 4 is 17.5 Å². The van der Waals surface area contributed by atoms with E-state index >= 15 is 0 Å². The van der Waals surface area contributed by atoms with Gasteiger partial charge >= 0.3 is 0 Å². The number of amides is 1. The lowest BCUT2D eigenvalue weighted by atomic mass is 10.1. The Morgan fingerprint density at radius 1 is 1.24 bits per heavy atom. The van der Waals surface area contributed by atoms with Gasteiger partial charge < -0.3 is 14.4 Å². The molecule has 1 saturated heterocycles. The predicted octanol–water partition coefficient (Wildman–Crippen LogP) is 3.41. The third-order valence-corrected chi connectivity index (χ3v) is 5.01. The van der Waals surface area contributed by atoms with Gasteiger partial charge in [0.15, 0.2) is 11.5 Å². The van der Waals surface area contributed by atoms with Crippen LogP contribution in [0.25, 0.3) is 0 Å². The fourth-order valence-electron chi connectivity index (χ4n) is 3.45. The number of likely N-dealkylation sites (tertiary alicyclic amines) is 1. The number of rotatable bonds is 3. The Hall–Kier alpha value is -2.27. The molecule has 1 unspecified atom stereocenters. The highest BCUT2D eigenvalue weighted by Gasteiger charge is 2.31. The predicted molar refractivity (Wildman–Crippen MR) is 94.1 cm³/mol. The number of hydrogen-bond donors (Lipinski definition) is 0. The van der Waals surface area contributed by atoms with Crippen LogP contribution < -0.4 is 9.47 Å². The van der Waals surface area contributed by atoms with Crippen LogP contribution in [0.5, 0.6) is 11.5 Å². The minimum absolute atomic E-state index is 0.0460. The molecule has 1 aromatic carbocycles. The van der Waals surface area contributed by atoms with E-state index in [0.29, 0.717) is 29.7 Å². The number of fused-ring (bicyclic) bond motifs is 1. The molecule has 0 saturated carbocycles. The highest BCUT2D eigenvalue weighted by molar-refractivity contribution is 6.31. The molecule has 4 rings (SSSR count). The van der Waals surface area contributed by atoms with Crippen LogP contribution in [0.4, 0.5) is 0 Å². The van der Waals surface area contributed by atoms with E-state index in [1.807, 2.05) is 29.2 Å². The standard InChI is InChI=1S/C19H19ClN2O3/c20-14-12-18-17(24-8-9-25-18)10-13(14)11-19(23)22-7-3-5-16(22)15-4-1-2-6-21-15/h1-2,4,6,10,12,16H,3,5,7-9,11H2. The largest absolute Gasteiger partial charge is 0.486 e. The molecule has 0 radical (unpaired) electrons. The number of nitrogens with zero attached hydrogens (tertiary/aromatic N) is 2. The molecular formula is C19H19ClN2O3. The summed E-state index contributed by atoms with van der Waals surface area (Å²) in [5.41, 5.74) is 1.71. The van der Waals surface area contributed by atoms with E-state index < -0.39 is 0 Å². The molecule has 0 N–H and O–H groups in total. The minimum atomic E-state index is 0.0460. The van der Waals surface area contributed by atoms with E-state index in [1.165, 1.54) is 0 Å². The molecule has 130 valence electrons. The number of aromatic nitrogens is 1.